The fourth-order valence-corrected chi connectivity index (χ4v) is 3.72. The van der Waals surface area contributed by atoms with Crippen LogP contribution in [0.2, 0.25) is 0 Å². The van der Waals surface area contributed by atoms with Gasteiger partial charge in [-0.15, -0.1) is 0 Å². The topological polar surface area (TPSA) is 14.2 Å². The highest BCUT2D eigenvalue weighted by Crippen LogP contribution is 2.29. The van der Waals surface area contributed by atoms with Gasteiger partial charge in [-0.25, -0.2) is 0 Å². The lowest BCUT2D eigenvalue weighted by atomic mass is 10.2. The van der Waals surface area contributed by atoms with Gasteiger partial charge >= 0.3 is 0 Å². The first kappa shape index (κ1) is 16.6. The number of aromatic nitrogens is 1. The smallest absolute Gasteiger partial charge is 0.119 e. The van der Waals surface area contributed by atoms with Crippen LogP contribution in [0.25, 0.3) is 21.8 Å². The van der Waals surface area contributed by atoms with E-state index in [4.69, 9.17) is 4.74 Å². The van der Waals surface area contributed by atoms with Crippen LogP contribution in [0.5, 0.6) is 5.75 Å². The van der Waals surface area contributed by atoms with Gasteiger partial charge in [0.15, 0.2) is 0 Å². The molecule has 28 heavy (non-hydrogen) atoms. The average Bonchev–Trinajstić information content (AvgIpc) is 3.08. The standard InChI is InChI=1S/C26H20NO/c1-2-8-21(9-3-1)19-28-22-16-14-20(15-17-22)18-27-25-12-6-4-10-23(25)24-11-5-7-13-26(24)27/h1-6,8-17H,18-19H2. The number of ether oxygens (including phenoxy) is 1. The van der Waals surface area contributed by atoms with Crippen molar-refractivity contribution in [2.45, 2.75) is 13.2 Å². The summed E-state index contributed by atoms with van der Waals surface area (Å²) in [6, 6.07) is 36.6. The van der Waals surface area contributed by atoms with E-state index in [1.807, 2.05) is 24.3 Å². The number of rotatable bonds is 5. The Kier molecular flexibility index (Phi) is 4.30. The van der Waals surface area contributed by atoms with E-state index in [0.717, 1.165) is 12.3 Å². The molecule has 0 atom stereocenters. The second-order valence-corrected chi connectivity index (χ2v) is 6.96. The summed E-state index contributed by atoms with van der Waals surface area (Å²) < 4.78 is 8.27. The van der Waals surface area contributed by atoms with Gasteiger partial charge < -0.3 is 9.30 Å². The third kappa shape index (κ3) is 3.14. The molecule has 0 fully saturated rings. The van der Waals surface area contributed by atoms with Crippen molar-refractivity contribution in [1.29, 1.82) is 0 Å². The minimum absolute atomic E-state index is 0.586. The Balaban J connectivity index is 1.40. The van der Waals surface area contributed by atoms with Crippen LogP contribution in [0.1, 0.15) is 11.1 Å². The van der Waals surface area contributed by atoms with Crippen molar-refractivity contribution >= 4 is 21.8 Å². The van der Waals surface area contributed by atoms with Crippen molar-refractivity contribution in [2.24, 2.45) is 0 Å². The molecule has 0 bridgehead atoms. The molecule has 1 radical (unpaired) electrons. The maximum atomic E-state index is 5.91. The highest BCUT2D eigenvalue weighted by molar-refractivity contribution is 6.07. The van der Waals surface area contributed by atoms with Crippen LogP contribution in [0.15, 0.2) is 97.1 Å². The minimum atomic E-state index is 0.586. The van der Waals surface area contributed by atoms with Gasteiger partial charge in [0.05, 0.1) is 5.52 Å². The summed E-state index contributed by atoms with van der Waals surface area (Å²) in [5.74, 6) is 0.892. The molecule has 2 nitrogen and oxygen atoms in total. The van der Waals surface area contributed by atoms with Crippen molar-refractivity contribution < 1.29 is 4.74 Å². The number of fused-ring (bicyclic) bond motifs is 3. The zero-order chi connectivity index (χ0) is 18.8. The molecule has 1 aromatic heterocycles. The Bertz CT molecular complexity index is 1170. The lowest BCUT2D eigenvalue weighted by Gasteiger charge is -2.10. The molecule has 0 amide bonds. The number of nitrogens with zero attached hydrogens (tertiary/aromatic N) is 1. The van der Waals surface area contributed by atoms with Crippen molar-refractivity contribution in [1.82, 2.24) is 4.57 Å². The molecule has 4 aromatic carbocycles. The minimum Gasteiger partial charge on any atom is -0.489 e. The summed E-state index contributed by atoms with van der Waals surface area (Å²) >= 11 is 0. The fourth-order valence-electron chi connectivity index (χ4n) is 3.72. The number of para-hydroxylation sites is 1. The van der Waals surface area contributed by atoms with Crippen LogP contribution in [0, 0.1) is 6.07 Å². The van der Waals surface area contributed by atoms with Gasteiger partial charge in [-0.05, 0) is 41.5 Å². The molecule has 0 spiro atoms. The maximum absolute atomic E-state index is 5.91. The molecule has 2 heteroatoms. The first-order valence-corrected chi connectivity index (χ1v) is 9.51. The van der Waals surface area contributed by atoms with Gasteiger partial charge in [-0.2, -0.15) is 0 Å². The predicted molar refractivity (Wildman–Crippen MR) is 115 cm³/mol. The molecule has 0 aliphatic carbocycles. The Hall–Kier alpha value is -3.52. The monoisotopic (exact) mass is 362 g/mol. The molecule has 0 aliphatic heterocycles. The summed E-state index contributed by atoms with van der Waals surface area (Å²) in [5, 5.41) is 2.56. The van der Waals surface area contributed by atoms with Gasteiger partial charge in [0, 0.05) is 22.8 Å². The lowest BCUT2D eigenvalue weighted by Crippen LogP contribution is -2.00. The Morgan fingerprint density at radius 3 is 2.29 bits per heavy atom. The van der Waals surface area contributed by atoms with Crippen molar-refractivity contribution in [3.8, 4) is 5.75 Å². The normalized spacial score (nSPS) is 11.1. The third-order valence-electron chi connectivity index (χ3n) is 5.13. The average molecular weight is 362 g/mol. The predicted octanol–water partition coefficient (Wildman–Crippen LogP) is 6.22. The first-order chi connectivity index (χ1) is 13.9. The maximum Gasteiger partial charge on any atom is 0.119 e. The molecule has 0 saturated carbocycles. The third-order valence-corrected chi connectivity index (χ3v) is 5.13. The van der Waals surface area contributed by atoms with Gasteiger partial charge in [0.25, 0.3) is 0 Å². The molecular weight excluding hydrogens is 342 g/mol. The SMILES string of the molecule is [c]1ccc2c3ccccc3n(Cc3ccc(OCc4ccccc4)cc3)c2c1. The molecule has 0 aliphatic rings. The zero-order valence-corrected chi connectivity index (χ0v) is 15.5. The van der Waals surface area contributed by atoms with Crippen molar-refractivity contribution in [3.05, 3.63) is 114 Å². The molecular formula is C26H20NO. The molecule has 0 unspecified atom stereocenters. The molecule has 1 heterocycles. The molecule has 0 N–H and O–H groups in total. The van der Waals surface area contributed by atoms with Gasteiger partial charge in [0.2, 0.25) is 0 Å². The Morgan fingerprint density at radius 1 is 0.679 bits per heavy atom. The van der Waals surface area contributed by atoms with Crippen LogP contribution in [-0.2, 0) is 13.2 Å². The summed E-state index contributed by atoms with van der Waals surface area (Å²) in [7, 11) is 0. The van der Waals surface area contributed by atoms with E-state index >= 15 is 0 Å². The number of hydrogen-bond donors (Lipinski definition) is 0. The fraction of sp³-hybridized carbons (Fsp3) is 0.0769. The second kappa shape index (κ2) is 7.24. The van der Waals surface area contributed by atoms with Crippen LogP contribution in [0.3, 0.4) is 0 Å². The van der Waals surface area contributed by atoms with E-state index in [2.05, 4.69) is 83.4 Å². The van der Waals surface area contributed by atoms with Crippen LogP contribution in [0.4, 0.5) is 0 Å². The van der Waals surface area contributed by atoms with Gasteiger partial charge in [-0.1, -0.05) is 72.8 Å². The molecule has 5 aromatic rings. The quantitative estimate of drug-likeness (QED) is 0.362. The van der Waals surface area contributed by atoms with E-state index in [-0.39, 0.29) is 0 Å². The van der Waals surface area contributed by atoms with Gasteiger partial charge in [0.1, 0.15) is 12.4 Å². The Labute approximate surface area is 164 Å². The molecule has 0 saturated heterocycles. The molecule has 135 valence electrons. The second-order valence-electron chi connectivity index (χ2n) is 6.96. The highest BCUT2D eigenvalue weighted by Gasteiger charge is 2.10. The van der Waals surface area contributed by atoms with Crippen LogP contribution in [-0.4, -0.2) is 4.57 Å². The summed E-state index contributed by atoms with van der Waals surface area (Å²) in [6.07, 6.45) is 0. The van der Waals surface area contributed by atoms with E-state index in [1.165, 1.54) is 32.9 Å². The van der Waals surface area contributed by atoms with Crippen molar-refractivity contribution in [2.75, 3.05) is 0 Å². The lowest BCUT2D eigenvalue weighted by molar-refractivity contribution is 0.306. The van der Waals surface area contributed by atoms with E-state index < -0.39 is 0 Å². The largest absolute Gasteiger partial charge is 0.489 e. The summed E-state index contributed by atoms with van der Waals surface area (Å²) in [5.41, 5.74) is 4.89. The Morgan fingerprint density at radius 2 is 1.43 bits per heavy atom. The number of hydrogen-bond acceptors (Lipinski definition) is 1. The van der Waals surface area contributed by atoms with E-state index in [9.17, 15) is 0 Å². The summed E-state index contributed by atoms with van der Waals surface area (Å²) in [4.78, 5) is 0. The highest BCUT2D eigenvalue weighted by atomic mass is 16.5. The first-order valence-electron chi connectivity index (χ1n) is 9.51. The van der Waals surface area contributed by atoms with Crippen molar-refractivity contribution in [3.63, 3.8) is 0 Å². The van der Waals surface area contributed by atoms with Crippen LogP contribution >= 0.6 is 0 Å². The number of benzene rings is 4. The zero-order valence-electron chi connectivity index (χ0n) is 15.5. The summed E-state index contributed by atoms with van der Waals surface area (Å²) in [6.45, 7) is 1.41. The van der Waals surface area contributed by atoms with E-state index in [0.29, 0.717) is 6.61 Å². The van der Waals surface area contributed by atoms with Crippen LogP contribution < -0.4 is 4.74 Å². The molecule has 5 rings (SSSR count). The van der Waals surface area contributed by atoms with Gasteiger partial charge in [-0.3, -0.25) is 0 Å². The van der Waals surface area contributed by atoms with E-state index in [1.54, 1.807) is 0 Å².